The summed E-state index contributed by atoms with van der Waals surface area (Å²) >= 11 is 0. The van der Waals surface area contributed by atoms with Crippen LogP contribution in [0.1, 0.15) is 24.0 Å². The third kappa shape index (κ3) is 6.60. The second kappa shape index (κ2) is 11.2. The molecule has 0 aliphatic carbocycles. The van der Waals surface area contributed by atoms with Crippen LogP contribution in [0.3, 0.4) is 0 Å². The van der Waals surface area contributed by atoms with Crippen LogP contribution in [0, 0.1) is 0 Å². The van der Waals surface area contributed by atoms with Crippen LogP contribution in [0.4, 0.5) is 0 Å². The maximum Gasteiger partial charge on any atom is 0.246 e. The maximum absolute atomic E-state index is 12.6. The number of methoxy groups -OCH3 is 2. The third-order valence-corrected chi connectivity index (χ3v) is 5.44. The minimum atomic E-state index is -0.0574. The zero-order valence-electron chi connectivity index (χ0n) is 18.3. The van der Waals surface area contributed by atoms with Gasteiger partial charge in [-0.3, -0.25) is 9.59 Å². The van der Waals surface area contributed by atoms with Gasteiger partial charge >= 0.3 is 0 Å². The summed E-state index contributed by atoms with van der Waals surface area (Å²) in [6, 6.07) is 15.7. The molecule has 1 saturated heterocycles. The molecule has 0 saturated carbocycles. The van der Waals surface area contributed by atoms with Gasteiger partial charge in [0, 0.05) is 44.7 Å². The van der Waals surface area contributed by atoms with Crippen LogP contribution in [0.15, 0.2) is 54.6 Å². The van der Waals surface area contributed by atoms with E-state index < -0.39 is 0 Å². The van der Waals surface area contributed by atoms with Gasteiger partial charge in [0.15, 0.2) is 0 Å². The van der Waals surface area contributed by atoms with Gasteiger partial charge in [-0.25, -0.2) is 0 Å². The van der Waals surface area contributed by atoms with Crippen LogP contribution in [0.25, 0.3) is 6.08 Å². The summed E-state index contributed by atoms with van der Waals surface area (Å²) in [5, 5.41) is 0. The van der Waals surface area contributed by atoms with Gasteiger partial charge in [-0.2, -0.15) is 0 Å². The Morgan fingerprint density at radius 1 is 0.903 bits per heavy atom. The Hall–Kier alpha value is -3.28. The lowest BCUT2D eigenvalue weighted by Crippen LogP contribution is -2.50. The average molecular weight is 423 g/mol. The van der Waals surface area contributed by atoms with E-state index in [-0.39, 0.29) is 11.8 Å². The topological polar surface area (TPSA) is 59.1 Å². The lowest BCUT2D eigenvalue weighted by molar-refractivity contribution is -0.137. The highest BCUT2D eigenvalue weighted by molar-refractivity contribution is 5.92. The predicted octanol–water partition coefficient (Wildman–Crippen LogP) is 3.41. The van der Waals surface area contributed by atoms with E-state index in [9.17, 15) is 9.59 Å². The highest BCUT2D eigenvalue weighted by Crippen LogP contribution is 2.23. The quantitative estimate of drug-likeness (QED) is 0.612. The molecule has 0 bridgehead atoms. The van der Waals surface area contributed by atoms with Crippen molar-refractivity contribution >= 4 is 17.9 Å². The van der Waals surface area contributed by atoms with Crippen molar-refractivity contribution in [2.24, 2.45) is 0 Å². The number of hydrogen-bond donors (Lipinski definition) is 0. The number of piperazine rings is 1. The van der Waals surface area contributed by atoms with E-state index in [1.807, 2.05) is 35.2 Å². The Morgan fingerprint density at radius 3 is 2.13 bits per heavy atom. The van der Waals surface area contributed by atoms with Crippen molar-refractivity contribution < 1.29 is 19.1 Å². The van der Waals surface area contributed by atoms with E-state index in [1.165, 1.54) is 5.56 Å². The summed E-state index contributed by atoms with van der Waals surface area (Å²) in [5.74, 6) is 1.46. The Bertz CT molecular complexity index is 881. The van der Waals surface area contributed by atoms with Crippen LogP contribution < -0.4 is 9.47 Å². The van der Waals surface area contributed by atoms with Crippen molar-refractivity contribution in [3.8, 4) is 11.5 Å². The predicted molar refractivity (Wildman–Crippen MR) is 121 cm³/mol. The molecule has 0 N–H and O–H groups in total. The molecule has 6 nitrogen and oxygen atoms in total. The van der Waals surface area contributed by atoms with Crippen molar-refractivity contribution in [3.05, 3.63) is 65.7 Å². The van der Waals surface area contributed by atoms with Crippen LogP contribution in [0.2, 0.25) is 0 Å². The number of amides is 2. The highest BCUT2D eigenvalue weighted by atomic mass is 16.5. The first-order valence-electron chi connectivity index (χ1n) is 10.6. The monoisotopic (exact) mass is 422 g/mol. The fraction of sp³-hybridized carbons (Fsp3) is 0.360. The minimum absolute atomic E-state index is 0.0574. The van der Waals surface area contributed by atoms with Gasteiger partial charge in [0.25, 0.3) is 0 Å². The largest absolute Gasteiger partial charge is 0.497 e. The van der Waals surface area contributed by atoms with Crippen molar-refractivity contribution in [2.45, 2.75) is 19.3 Å². The lowest BCUT2D eigenvalue weighted by atomic mass is 10.1. The van der Waals surface area contributed by atoms with Gasteiger partial charge in [-0.1, -0.05) is 30.3 Å². The Balaban J connectivity index is 1.45. The minimum Gasteiger partial charge on any atom is -0.497 e. The molecule has 1 heterocycles. The number of carbonyl (C=O) groups is 2. The molecule has 31 heavy (non-hydrogen) atoms. The molecule has 0 aromatic heterocycles. The Labute approximate surface area is 184 Å². The number of aryl methyl sites for hydroxylation is 1. The summed E-state index contributed by atoms with van der Waals surface area (Å²) < 4.78 is 10.5. The maximum atomic E-state index is 12.6. The van der Waals surface area contributed by atoms with E-state index in [4.69, 9.17) is 9.47 Å². The van der Waals surface area contributed by atoms with Crippen LogP contribution in [-0.2, 0) is 16.0 Å². The van der Waals surface area contributed by atoms with Gasteiger partial charge in [0.2, 0.25) is 11.8 Å². The highest BCUT2D eigenvalue weighted by Gasteiger charge is 2.22. The second-order valence-corrected chi connectivity index (χ2v) is 7.52. The first-order chi connectivity index (χ1) is 15.1. The molecule has 0 radical (unpaired) electrons. The molecule has 2 amide bonds. The molecule has 2 aromatic carbocycles. The summed E-state index contributed by atoms with van der Waals surface area (Å²) in [6.07, 6.45) is 5.61. The van der Waals surface area contributed by atoms with Crippen molar-refractivity contribution in [2.75, 3.05) is 40.4 Å². The van der Waals surface area contributed by atoms with E-state index in [2.05, 4.69) is 12.1 Å². The molecule has 1 aliphatic heterocycles. The molecule has 1 aliphatic rings. The van der Waals surface area contributed by atoms with Gasteiger partial charge in [0.1, 0.15) is 11.5 Å². The number of hydrogen-bond acceptors (Lipinski definition) is 4. The first-order valence-corrected chi connectivity index (χ1v) is 10.6. The summed E-state index contributed by atoms with van der Waals surface area (Å²) in [5.41, 5.74) is 2.09. The average Bonchev–Trinajstić information content (AvgIpc) is 2.83. The van der Waals surface area contributed by atoms with E-state index >= 15 is 0 Å². The summed E-state index contributed by atoms with van der Waals surface area (Å²) in [7, 11) is 3.19. The Morgan fingerprint density at radius 2 is 1.52 bits per heavy atom. The molecule has 0 unspecified atom stereocenters. The van der Waals surface area contributed by atoms with Crippen molar-refractivity contribution in [3.63, 3.8) is 0 Å². The summed E-state index contributed by atoms with van der Waals surface area (Å²) in [4.78, 5) is 28.7. The third-order valence-electron chi connectivity index (χ3n) is 5.44. The van der Waals surface area contributed by atoms with E-state index in [0.717, 1.165) is 18.4 Å². The number of benzene rings is 2. The van der Waals surface area contributed by atoms with Crippen LogP contribution >= 0.6 is 0 Å². The smallest absolute Gasteiger partial charge is 0.246 e. The Kier molecular flexibility index (Phi) is 8.10. The van der Waals surface area contributed by atoms with Gasteiger partial charge in [0.05, 0.1) is 14.2 Å². The second-order valence-electron chi connectivity index (χ2n) is 7.52. The molecule has 164 valence electrons. The van der Waals surface area contributed by atoms with Crippen molar-refractivity contribution in [1.82, 2.24) is 9.80 Å². The van der Waals surface area contributed by atoms with Gasteiger partial charge < -0.3 is 19.3 Å². The standard InChI is InChI=1S/C25H30N2O4/c1-30-22-17-21(18-23(19-22)31-2)11-12-25(29)27-15-13-26(14-16-27)24(28)10-6-9-20-7-4-3-5-8-20/h3-5,7-8,11-12,17-19H,6,9-10,13-16H2,1-2H3/b12-11+. The molecule has 1 fully saturated rings. The fourth-order valence-electron chi connectivity index (χ4n) is 3.62. The van der Waals surface area contributed by atoms with Gasteiger partial charge in [-0.15, -0.1) is 0 Å². The first kappa shape index (κ1) is 22.4. The molecule has 0 atom stereocenters. The molecular formula is C25H30N2O4. The normalized spacial score (nSPS) is 14.0. The lowest BCUT2D eigenvalue weighted by Gasteiger charge is -2.34. The number of carbonyl (C=O) groups excluding carboxylic acids is 2. The number of ether oxygens (including phenoxy) is 2. The van der Waals surface area contributed by atoms with Crippen LogP contribution in [-0.4, -0.2) is 62.0 Å². The number of nitrogens with zero attached hydrogens (tertiary/aromatic N) is 2. The van der Waals surface area contributed by atoms with Crippen molar-refractivity contribution in [1.29, 1.82) is 0 Å². The molecule has 6 heteroatoms. The van der Waals surface area contributed by atoms with E-state index in [1.54, 1.807) is 37.3 Å². The molecule has 0 spiro atoms. The number of rotatable bonds is 8. The zero-order valence-corrected chi connectivity index (χ0v) is 18.3. The van der Waals surface area contributed by atoms with Crippen LogP contribution in [0.5, 0.6) is 11.5 Å². The molecule has 3 rings (SSSR count). The summed E-state index contributed by atoms with van der Waals surface area (Å²) in [6.45, 7) is 2.26. The molecule has 2 aromatic rings. The van der Waals surface area contributed by atoms with E-state index in [0.29, 0.717) is 44.1 Å². The SMILES string of the molecule is COc1cc(/C=C/C(=O)N2CCN(C(=O)CCCc3ccccc3)CC2)cc(OC)c1. The molecular weight excluding hydrogens is 392 g/mol. The zero-order chi connectivity index (χ0) is 22.1. The fourth-order valence-corrected chi connectivity index (χ4v) is 3.62. The van der Waals surface area contributed by atoms with Gasteiger partial charge in [-0.05, 0) is 42.2 Å².